The standard InChI is InChI=1S/C21H17NO5/c23-15-12-19(25-16-6-2-1-5-14(15)16)20(24)22-13-7-8-17-18(11-13)27-21(26-17)9-3-4-10-21/h1-2,5-8,11-12H,3-4,9-10H2,(H,22,24). The van der Waals surface area contributed by atoms with Crippen molar-refractivity contribution in [2.75, 3.05) is 5.32 Å². The molecule has 0 bridgehead atoms. The summed E-state index contributed by atoms with van der Waals surface area (Å²) in [6, 6.07) is 13.3. The number of anilines is 1. The fourth-order valence-corrected chi connectivity index (χ4v) is 3.70. The van der Waals surface area contributed by atoms with Gasteiger partial charge in [0.05, 0.1) is 5.39 Å². The molecule has 0 unspecified atom stereocenters. The van der Waals surface area contributed by atoms with Gasteiger partial charge in [0.2, 0.25) is 0 Å². The Kier molecular flexibility index (Phi) is 3.47. The third-order valence-corrected chi connectivity index (χ3v) is 5.02. The van der Waals surface area contributed by atoms with Crippen molar-refractivity contribution < 1.29 is 18.7 Å². The van der Waals surface area contributed by atoms with Gasteiger partial charge in [-0.05, 0) is 37.1 Å². The number of hydrogen-bond acceptors (Lipinski definition) is 5. The third-order valence-electron chi connectivity index (χ3n) is 5.02. The molecule has 5 rings (SSSR count). The maximum atomic E-state index is 12.5. The normalized spacial score (nSPS) is 16.7. The van der Waals surface area contributed by atoms with Gasteiger partial charge >= 0.3 is 0 Å². The van der Waals surface area contributed by atoms with Crippen molar-refractivity contribution in [1.82, 2.24) is 0 Å². The summed E-state index contributed by atoms with van der Waals surface area (Å²) < 4.78 is 17.6. The summed E-state index contributed by atoms with van der Waals surface area (Å²) >= 11 is 0. The van der Waals surface area contributed by atoms with Crippen LogP contribution in [0.25, 0.3) is 11.0 Å². The molecule has 1 aromatic heterocycles. The zero-order valence-corrected chi connectivity index (χ0v) is 14.5. The number of nitrogens with one attached hydrogen (secondary N) is 1. The minimum Gasteiger partial charge on any atom is -0.451 e. The van der Waals surface area contributed by atoms with E-state index in [4.69, 9.17) is 13.9 Å². The summed E-state index contributed by atoms with van der Waals surface area (Å²) in [7, 11) is 0. The van der Waals surface area contributed by atoms with Crippen LogP contribution in [0.2, 0.25) is 0 Å². The summed E-state index contributed by atoms with van der Waals surface area (Å²) in [4.78, 5) is 24.7. The third kappa shape index (κ3) is 2.73. The molecular weight excluding hydrogens is 346 g/mol. The number of carbonyl (C=O) groups excluding carboxylic acids is 1. The second kappa shape index (κ2) is 5.87. The highest BCUT2D eigenvalue weighted by molar-refractivity contribution is 6.03. The highest BCUT2D eigenvalue weighted by Gasteiger charge is 2.44. The van der Waals surface area contributed by atoms with Gasteiger partial charge in [0.25, 0.3) is 11.7 Å². The van der Waals surface area contributed by atoms with E-state index in [1.807, 2.05) is 0 Å². The van der Waals surface area contributed by atoms with Crippen LogP contribution < -0.4 is 20.2 Å². The molecule has 0 atom stereocenters. The molecule has 136 valence electrons. The van der Waals surface area contributed by atoms with E-state index in [-0.39, 0.29) is 11.2 Å². The molecule has 1 aliphatic carbocycles. The van der Waals surface area contributed by atoms with Crippen molar-refractivity contribution in [3.63, 3.8) is 0 Å². The molecule has 1 spiro atoms. The first kappa shape index (κ1) is 15.9. The van der Waals surface area contributed by atoms with Crippen molar-refractivity contribution in [2.45, 2.75) is 31.5 Å². The Morgan fingerprint density at radius 1 is 0.963 bits per heavy atom. The van der Waals surface area contributed by atoms with Crippen molar-refractivity contribution in [3.05, 3.63) is 64.5 Å². The number of fused-ring (bicyclic) bond motifs is 2. The van der Waals surface area contributed by atoms with Gasteiger partial charge in [-0.2, -0.15) is 0 Å². The van der Waals surface area contributed by atoms with Gasteiger partial charge in [-0.1, -0.05) is 12.1 Å². The number of carbonyl (C=O) groups is 1. The quantitative estimate of drug-likeness (QED) is 0.742. The minimum atomic E-state index is -0.546. The largest absolute Gasteiger partial charge is 0.451 e. The van der Waals surface area contributed by atoms with Gasteiger partial charge in [0.15, 0.2) is 22.7 Å². The van der Waals surface area contributed by atoms with E-state index in [0.717, 1.165) is 25.7 Å². The predicted molar refractivity (Wildman–Crippen MR) is 99.3 cm³/mol. The van der Waals surface area contributed by atoms with Crippen LogP contribution in [0.5, 0.6) is 11.5 Å². The highest BCUT2D eigenvalue weighted by atomic mass is 16.7. The van der Waals surface area contributed by atoms with Crippen molar-refractivity contribution >= 4 is 22.6 Å². The second-order valence-electron chi connectivity index (χ2n) is 6.91. The monoisotopic (exact) mass is 363 g/mol. The smallest absolute Gasteiger partial charge is 0.291 e. The Balaban J connectivity index is 1.40. The van der Waals surface area contributed by atoms with Gasteiger partial charge < -0.3 is 19.2 Å². The molecule has 0 saturated heterocycles. The maximum Gasteiger partial charge on any atom is 0.291 e. The predicted octanol–water partition coefficient (Wildman–Crippen LogP) is 4.09. The van der Waals surface area contributed by atoms with Crippen LogP contribution in [0.15, 0.2) is 57.7 Å². The molecule has 1 amide bonds. The van der Waals surface area contributed by atoms with Gasteiger partial charge in [0.1, 0.15) is 5.58 Å². The minimum absolute atomic E-state index is 0.0383. The average molecular weight is 363 g/mol. The molecule has 1 saturated carbocycles. The molecule has 1 aliphatic heterocycles. The number of ether oxygens (including phenoxy) is 2. The highest BCUT2D eigenvalue weighted by Crippen LogP contribution is 2.47. The molecule has 0 radical (unpaired) electrons. The summed E-state index contributed by atoms with van der Waals surface area (Å²) in [5.74, 6) is 0.230. The van der Waals surface area contributed by atoms with Gasteiger partial charge in [-0.25, -0.2) is 0 Å². The Morgan fingerprint density at radius 3 is 2.59 bits per heavy atom. The van der Waals surface area contributed by atoms with E-state index < -0.39 is 11.7 Å². The van der Waals surface area contributed by atoms with Crippen molar-refractivity contribution in [2.24, 2.45) is 0 Å². The Labute approximate surface area is 154 Å². The van der Waals surface area contributed by atoms with Crippen LogP contribution in [0.4, 0.5) is 5.69 Å². The van der Waals surface area contributed by atoms with E-state index in [2.05, 4.69) is 5.32 Å². The molecular formula is C21H17NO5. The number of amides is 1. The summed E-state index contributed by atoms with van der Waals surface area (Å²) in [6.45, 7) is 0. The summed E-state index contributed by atoms with van der Waals surface area (Å²) in [6.07, 6.45) is 3.90. The van der Waals surface area contributed by atoms with Crippen LogP contribution in [0, 0.1) is 0 Å². The lowest BCUT2D eigenvalue weighted by molar-refractivity contribution is -0.0716. The first-order valence-corrected chi connectivity index (χ1v) is 8.98. The Morgan fingerprint density at radius 2 is 1.74 bits per heavy atom. The van der Waals surface area contributed by atoms with E-state index >= 15 is 0 Å². The van der Waals surface area contributed by atoms with Crippen LogP contribution in [0.1, 0.15) is 36.2 Å². The summed E-state index contributed by atoms with van der Waals surface area (Å²) in [5.41, 5.74) is 0.674. The second-order valence-corrected chi connectivity index (χ2v) is 6.91. The van der Waals surface area contributed by atoms with E-state index in [9.17, 15) is 9.59 Å². The Hall–Kier alpha value is -3.28. The molecule has 1 fully saturated rings. The van der Waals surface area contributed by atoms with Crippen LogP contribution in [0.3, 0.4) is 0 Å². The molecule has 1 N–H and O–H groups in total. The SMILES string of the molecule is O=C(Nc1ccc2c(c1)OC1(CCCC1)O2)c1cc(=O)c2ccccc2o1. The number of para-hydroxylation sites is 1. The van der Waals surface area contributed by atoms with Gasteiger partial charge in [-0.3, -0.25) is 9.59 Å². The lowest BCUT2D eigenvalue weighted by atomic mass is 10.2. The number of hydrogen-bond donors (Lipinski definition) is 1. The first-order valence-electron chi connectivity index (χ1n) is 8.98. The summed E-state index contributed by atoms with van der Waals surface area (Å²) in [5, 5.41) is 3.20. The van der Waals surface area contributed by atoms with Crippen LogP contribution in [-0.4, -0.2) is 11.7 Å². The van der Waals surface area contributed by atoms with Gasteiger partial charge in [0, 0.05) is 30.7 Å². The molecule has 2 aliphatic rings. The van der Waals surface area contributed by atoms with Crippen molar-refractivity contribution in [1.29, 1.82) is 0 Å². The van der Waals surface area contributed by atoms with E-state index in [0.29, 0.717) is 28.2 Å². The molecule has 6 nitrogen and oxygen atoms in total. The van der Waals surface area contributed by atoms with Crippen LogP contribution in [-0.2, 0) is 0 Å². The van der Waals surface area contributed by atoms with Gasteiger partial charge in [-0.15, -0.1) is 0 Å². The lowest BCUT2D eigenvalue weighted by Gasteiger charge is -2.21. The lowest BCUT2D eigenvalue weighted by Crippen LogP contribution is -2.34. The topological polar surface area (TPSA) is 77.8 Å². The fraction of sp³-hybridized carbons (Fsp3) is 0.238. The number of rotatable bonds is 2. The zero-order chi connectivity index (χ0) is 18.4. The first-order chi connectivity index (χ1) is 13.1. The molecule has 27 heavy (non-hydrogen) atoms. The Bertz CT molecular complexity index is 1110. The average Bonchev–Trinajstić information content (AvgIpc) is 3.27. The zero-order valence-electron chi connectivity index (χ0n) is 14.5. The van der Waals surface area contributed by atoms with Crippen LogP contribution >= 0.6 is 0 Å². The number of benzene rings is 2. The fourth-order valence-electron chi connectivity index (χ4n) is 3.70. The van der Waals surface area contributed by atoms with E-state index in [1.54, 1.807) is 42.5 Å². The molecule has 2 aromatic carbocycles. The maximum absolute atomic E-state index is 12.5. The molecule has 6 heteroatoms. The van der Waals surface area contributed by atoms with E-state index in [1.165, 1.54) is 6.07 Å². The molecule has 3 aromatic rings. The van der Waals surface area contributed by atoms with Crippen molar-refractivity contribution in [3.8, 4) is 11.5 Å². The molecule has 2 heterocycles.